The van der Waals surface area contributed by atoms with Crippen LogP contribution in [-0.2, 0) is 13.2 Å². The van der Waals surface area contributed by atoms with Crippen LogP contribution < -0.4 is 19.9 Å². The molecule has 1 aliphatic rings. The summed E-state index contributed by atoms with van der Waals surface area (Å²) >= 11 is 0. The number of hydrogen-bond acceptors (Lipinski definition) is 6. The molecule has 0 amide bonds. The summed E-state index contributed by atoms with van der Waals surface area (Å²) in [6.45, 7) is 8.12. The van der Waals surface area contributed by atoms with E-state index < -0.39 is 0 Å². The zero-order valence-corrected chi connectivity index (χ0v) is 18.5. The fraction of sp³-hybridized carbons (Fsp3) is 0.333. The summed E-state index contributed by atoms with van der Waals surface area (Å²) < 4.78 is 12.6. The van der Waals surface area contributed by atoms with Gasteiger partial charge in [-0.05, 0) is 62.7 Å². The third kappa shape index (κ3) is 4.27. The number of rotatable bonds is 6. The smallest absolute Gasteiger partial charge is 0.259 e. The fourth-order valence-electron chi connectivity index (χ4n) is 3.76. The Morgan fingerprint density at radius 1 is 0.968 bits per heavy atom. The molecule has 0 fully saturated rings. The van der Waals surface area contributed by atoms with E-state index in [0.717, 1.165) is 28.4 Å². The van der Waals surface area contributed by atoms with Gasteiger partial charge in [0.05, 0.1) is 27.1 Å². The lowest BCUT2D eigenvalue weighted by Gasteiger charge is -2.38. The summed E-state index contributed by atoms with van der Waals surface area (Å²) in [4.78, 5) is 22.1. The van der Waals surface area contributed by atoms with Crippen LogP contribution in [0.2, 0.25) is 0 Å². The van der Waals surface area contributed by atoms with Gasteiger partial charge in [0, 0.05) is 23.5 Å². The minimum absolute atomic E-state index is 0.00197. The third-order valence-corrected chi connectivity index (χ3v) is 5.57. The number of aryl methyl sites for hydroxylation is 1. The third-order valence-electron chi connectivity index (χ3n) is 5.57. The average Bonchev–Trinajstić information content (AvgIpc) is 2.79. The minimum atomic E-state index is -0.00197. The first-order chi connectivity index (χ1) is 15.0. The van der Waals surface area contributed by atoms with Crippen molar-refractivity contribution in [1.82, 2.24) is 14.5 Å². The molecule has 4 rings (SSSR count). The van der Waals surface area contributed by atoms with Crippen molar-refractivity contribution in [2.45, 2.75) is 34.0 Å². The van der Waals surface area contributed by atoms with Crippen molar-refractivity contribution in [3.05, 3.63) is 75.7 Å². The van der Waals surface area contributed by atoms with Crippen molar-refractivity contribution < 1.29 is 9.47 Å². The Hall–Kier alpha value is -3.32. The molecule has 0 radical (unpaired) electrons. The zero-order chi connectivity index (χ0) is 22.0. The molecule has 0 saturated heterocycles. The molecule has 2 heterocycles. The van der Waals surface area contributed by atoms with Gasteiger partial charge >= 0.3 is 0 Å². The van der Waals surface area contributed by atoms with E-state index in [-0.39, 0.29) is 5.56 Å². The van der Waals surface area contributed by atoms with Crippen molar-refractivity contribution in [3.8, 4) is 11.5 Å². The van der Waals surface area contributed by atoms with Crippen LogP contribution in [0.4, 0.5) is 11.6 Å². The molecule has 1 aromatic heterocycles. The molecule has 0 aliphatic carbocycles. The van der Waals surface area contributed by atoms with E-state index in [1.165, 1.54) is 0 Å². The van der Waals surface area contributed by atoms with Crippen molar-refractivity contribution >= 4 is 11.6 Å². The van der Waals surface area contributed by atoms with Crippen molar-refractivity contribution in [2.24, 2.45) is 0 Å². The fourth-order valence-corrected chi connectivity index (χ4v) is 3.76. The molecule has 0 unspecified atom stereocenters. The Labute approximate surface area is 182 Å². The highest BCUT2D eigenvalue weighted by molar-refractivity contribution is 5.59. The molecule has 0 N–H and O–H groups in total. The van der Waals surface area contributed by atoms with Crippen LogP contribution in [0, 0.1) is 13.8 Å². The summed E-state index contributed by atoms with van der Waals surface area (Å²) in [6, 6.07) is 15.9. The highest BCUT2D eigenvalue weighted by atomic mass is 16.5. The lowest BCUT2D eigenvalue weighted by molar-refractivity contribution is 0.190. The highest BCUT2D eigenvalue weighted by Crippen LogP contribution is 2.29. The predicted molar refractivity (Wildman–Crippen MR) is 121 cm³/mol. The maximum absolute atomic E-state index is 13.1. The molecular weight excluding hydrogens is 392 g/mol. The number of hydrogen-bond donors (Lipinski definition) is 0. The highest BCUT2D eigenvalue weighted by Gasteiger charge is 2.27. The summed E-state index contributed by atoms with van der Waals surface area (Å²) in [7, 11) is 1.66. The number of methoxy groups -OCH3 is 1. The largest absolute Gasteiger partial charge is 0.497 e. The van der Waals surface area contributed by atoms with Gasteiger partial charge in [-0.2, -0.15) is 0 Å². The molecule has 31 heavy (non-hydrogen) atoms. The van der Waals surface area contributed by atoms with E-state index in [9.17, 15) is 4.79 Å². The maximum atomic E-state index is 13.1. The van der Waals surface area contributed by atoms with Crippen LogP contribution in [0.25, 0.3) is 0 Å². The number of benzene rings is 2. The van der Waals surface area contributed by atoms with Gasteiger partial charge in [-0.25, -0.2) is 4.98 Å². The second-order valence-corrected chi connectivity index (χ2v) is 7.67. The molecule has 1 aliphatic heterocycles. The van der Waals surface area contributed by atoms with Gasteiger partial charge in [0.15, 0.2) is 0 Å². The molecule has 7 nitrogen and oxygen atoms in total. The van der Waals surface area contributed by atoms with Gasteiger partial charge in [-0.1, -0.05) is 12.1 Å². The lowest BCUT2D eigenvalue weighted by Crippen LogP contribution is -2.47. The molecule has 0 spiro atoms. The Balaban J connectivity index is 1.70. The first-order valence-corrected chi connectivity index (χ1v) is 10.4. The number of anilines is 2. The molecule has 0 atom stereocenters. The van der Waals surface area contributed by atoms with Crippen molar-refractivity contribution in [3.63, 3.8) is 0 Å². The minimum Gasteiger partial charge on any atom is -0.497 e. The van der Waals surface area contributed by atoms with Crippen LogP contribution >= 0.6 is 0 Å². The number of nitrogens with zero attached hydrogens (tertiary/aromatic N) is 4. The van der Waals surface area contributed by atoms with E-state index in [1.54, 1.807) is 11.7 Å². The van der Waals surface area contributed by atoms with Crippen LogP contribution in [0.15, 0.2) is 53.3 Å². The average molecular weight is 421 g/mol. The summed E-state index contributed by atoms with van der Waals surface area (Å²) in [5.41, 5.74) is 3.56. The molecule has 2 aromatic carbocycles. The monoisotopic (exact) mass is 420 g/mol. The number of fused-ring (bicyclic) bond motifs is 1. The second kappa shape index (κ2) is 8.81. The Morgan fingerprint density at radius 2 is 1.65 bits per heavy atom. The van der Waals surface area contributed by atoms with E-state index >= 15 is 0 Å². The first kappa shape index (κ1) is 20.9. The predicted octanol–water partition coefficient (Wildman–Crippen LogP) is 3.84. The zero-order valence-electron chi connectivity index (χ0n) is 18.5. The van der Waals surface area contributed by atoms with E-state index in [0.29, 0.717) is 38.0 Å². The number of ether oxygens (including phenoxy) is 2. The van der Waals surface area contributed by atoms with E-state index in [4.69, 9.17) is 14.5 Å². The molecule has 3 aromatic rings. The summed E-state index contributed by atoms with van der Waals surface area (Å²) in [5, 5.41) is 0. The summed E-state index contributed by atoms with van der Waals surface area (Å²) in [6.07, 6.45) is 0. The van der Waals surface area contributed by atoms with Crippen LogP contribution in [0.1, 0.15) is 23.7 Å². The van der Waals surface area contributed by atoms with E-state index in [2.05, 4.69) is 21.9 Å². The molecular formula is C24H28N4O3. The van der Waals surface area contributed by atoms with E-state index in [1.807, 2.05) is 57.2 Å². The standard InChI is InChI=1S/C24H28N4O3/c1-5-31-22-12-8-20(9-13-22)27-15-26(14-19-6-10-21(30-4)11-7-19)16-28-23(29)17(2)18(3)25-24(27)28/h6-13H,5,14-16H2,1-4H3. The van der Waals surface area contributed by atoms with Gasteiger partial charge in [0.25, 0.3) is 5.56 Å². The van der Waals surface area contributed by atoms with Gasteiger partial charge in [-0.15, -0.1) is 0 Å². The Bertz CT molecular complexity index is 1110. The molecule has 7 heteroatoms. The van der Waals surface area contributed by atoms with Crippen molar-refractivity contribution in [1.29, 1.82) is 0 Å². The van der Waals surface area contributed by atoms with Crippen LogP contribution in [-0.4, -0.2) is 34.8 Å². The van der Waals surface area contributed by atoms with Gasteiger partial charge in [0.2, 0.25) is 5.95 Å². The normalized spacial score (nSPS) is 13.7. The van der Waals surface area contributed by atoms with Crippen LogP contribution in [0.3, 0.4) is 0 Å². The lowest BCUT2D eigenvalue weighted by atomic mass is 10.2. The summed E-state index contributed by atoms with van der Waals surface area (Å²) in [5.74, 6) is 2.32. The molecule has 0 bridgehead atoms. The van der Waals surface area contributed by atoms with Gasteiger partial charge < -0.3 is 9.47 Å². The quantitative estimate of drug-likeness (QED) is 0.604. The maximum Gasteiger partial charge on any atom is 0.259 e. The molecule has 0 saturated carbocycles. The number of aromatic nitrogens is 2. The SMILES string of the molecule is CCOc1ccc(N2CN(Cc3ccc(OC)cc3)Cn3c2nc(C)c(C)c3=O)cc1. The second-order valence-electron chi connectivity index (χ2n) is 7.67. The Kier molecular flexibility index (Phi) is 5.95. The van der Waals surface area contributed by atoms with Crippen molar-refractivity contribution in [2.75, 3.05) is 25.3 Å². The van der Waals surface area contributed by atoms with Gasteiger partial charge in [-0.3, -0.25) is 19.2 Å². The molecule has 162 valence electrons. The first-order valence-electron chi connectivity index (χ1n) is 10.4. The van der Waals surface area contributed by atoms with Gasteiger partial charge in [0.1, 0.15) is 11.5 Å². The van der Waals surface area contributed by atoms with Crippen LogP contribution in [0.5, 0.6) is 11.5 Å². The topological polar surface area (TPSA) is 59.8 Å². The Morgan fingerprint density at radius 3 is 2.29 bits per heavy atom.